The van der Waals surface area contributed by atoms with Crippen molar-refractivity contribution < 1.29 is 19.3 Å². The van der Waals surface area contributed by atoms with Crippen molar-refractivity contribution in [2.24, 2.45) is 12.2 Å². The summed E-state index contributed by atoms with van der Waals surface area (Å²) in [5, 5.41) is 18.8. The van der Waals surface area contributed by atoms with Gasteiger partial charge in [-0.2, -0.15) is 14.8 Å². The molecule has 0 radical (unpaired) electrons. The van der Waals surface area contributed by atoms with Crippen LogP contribution in [0.3, 0.4) is 0 Å². The van der Waals surface area contributed by atoms with Gasteiger partial charge in [0.2, 0.25) is 6.73 Å². The van der Waals surface area contributed by atoms with Crippen LogP contribution >= 0.6 is 0 Å². The third-order valence-corrected chi connectivity index (χ3v) is 3.19. The maximum atomic E-state index is 11.4. The molecule has 0 saturated carbocycles. The van der Waals surface area contributed by atoms with Crippen molar-refractivity contribution >= 4 is 17.6 Å². The lowest BCUT2D eigenvalue weighted by Gasteiger charge is -2.06. The molecule has 0 fully saturated rings. The number of aryl methyl sites for hydroxylation is 1. The van der Waals surface area contributed by atoms with E-state index in [0.717, 1.165) is 0 Å². The van der Waals surface area contributed by atoms with E-state index in [1.807, 2.05) is 6.07 Å². The topological polar surface area (TPSA) is 137 Å². The number of anilines is 1. The van der Waals surface area contributed by atoms with Crippen LogP contribution in [-0.2, 0) is 18.6 Å². The minimum atomic E-state index is -1.22. The zero-order valence-corrected chi connectivity index (χ0v) is 13.6. The molecule has 3 aromatic rings. The zero-order chi connectivity index (χ0) is 18.5. The molecular weight excluding hydrogens is 344 g/mol. The van der Waals surface area contributed by atoms with Crippen LogP contribution in [0.4, 0.5) is 10.6 Å². The van der Waals surface area contributed by atoms with Crippen LogP contribution < -0.4 is 11.1 Å². The SMILES string of the molecule is Cn1oc(=O)nc1C(=NOCn1ccc(NC(=O)O)n1)c1ccccc1. The van der Waals surface area contributed by atoms with Gasteiger partial charge in [0.1, 0.15) is 0 Å². The first kappa shape index (κ1) is 17.0. The molecular formula is C15H14N6O5. The molecule has 0 aliphatic heterocycles. The van der Waals surface area contributed by atoms with Crippen molar-refractivity contribution in [2.75, 3.05) is 5.32 Å². The Labute approximate surface area is 146 Å². The Morgan fingerprint density at radius 1 is 1.35 bits per heavy atom. The molecule has 0 saturated heterocycles. The summed E-state index contributed by atoms with van der Waals surface area (Å²) in [6, 6.07) is 10.5. The largest absolute Gasteiger partial charge is 0.465 e. The van der Waals surface area contributed by atoms with Gasteiger partial charge in [-0.15, -0.1) is 0 Å². The summed E-state index contributed by atoms with van der Waals surface area (Å²) in [4.78, 5) is 31.0. The fraction of sp³-hybridized carbons (Fsp3) is 0.133. The van der Waals surface area contributed by atoms with Gasteiger partial charge in [-0.25, -0.2) is 14.3 Å². The van der Waals surface area contributed by atoms with E-state index in [9.17, 15) is 9.59 Å². The Kier molecular flexibility index (Phi) is 4.78. The standard InChI is InChI=1S/C15H14N6O5/c1-20-13(17-15(24)26-20)12(10-5-3-2-4-6-10)19-25-9-21-8-7-11(18-21)16-14(22)23/h2-8H,9H2,1H3,(H,16,18)(H,22,23). The van der Waals surface area contributed by atoms with Crippen LogP contribution in [0.25, 0.3) is 0 Å². The number of benzene rings is 1. The van der Waals surface area contributed by atoms with Gasteiger partial charge in [-0.05, 0) is 0 Å². The predicted molar refractivity (Wildman–Crippen MR) is 88.8 cm³/mol. The molecule has 1 aromatic carbocycles. The summed E-state index contributed by atoms with van der Waals surface area (Å²) in [7, 11) is 1.53. The number of hydrogen-bond acceptors (Lipinski definition) is 7. The van der Waals surface area contributed by atoms with E-state index in [4.69, 9.17) is 14.5 Å². The second-order valence-corrected chi connectivity index (χ2v) is 5.02. The van der Waals surface area contributed by atoms with Crippen LogP contribution in [0.5, 0.6) is 0 Å². The van der Waals surface area contributed by atoms with Gasteiger partial charge >= 0.3 is 11.8 Å². The van der Waals surface area contributed by atoms with Crippen molar-refractivity contribution in [3.05, 3.63) is 64.5 Å². The molecule has 11 nitrogen and oxygen atoms in total. The zero-order valence-electron chi connectivity index (χ0n) is 13.6. The molecule has 0 aliphatic carbocycles. The van der Waals surface area contributed by atoms with Gasteiger partial charge < -0.3 is 14.5 Å². The summed E-state index contributed by atoms with van der Waals surface area (Å²) in [5.41, 5.74) is 0.972. The first-order valence-electron chi connectivity index (χ1n) is 7.36. The lowest BCUT2D eigenvalue weighted by atomic mass is 10.1. The van der Waals surface area contributed by atoms with Crippen LogP contribution in [0.1, 0.15) is 11.4 Å². The quantitative estimate of drug-likeness (QED) is 0.497. The molecule has 3 rings (SSSR count). The molecule has 134 valence electrons. The Morgan fingerprint density at radius 3 is 2.77 bits per heavy atom. The highest BCUT2D eigenvalue weighted by molar-refractivity contribution is 6.10. The summed E-state index contributed by atoms with van der Waals surface area (Å²) in [5.74, 6) is -0.384. The second kappa shape index (κ2) is 7.34. The van der Waals surface area contributed by atoms with Crippen LogP contribution in [-0.4, -0.2) is 36.4 Å². The number of oxime groups is 1. The lowest BCUT2D eigenvalue weighted by molar-refractivity contribution is 0.0755. The molecule has 2 heterocycles. The monoisotopic (exact) mass is 358 g/mol. The number of carbonyl (C=O) groups is 1. The fourth-order valence-electron chi connectivity index (χ4n) is 2.12. The minimum absolute atomic E-state index is 0.0799. The molecule has 2 aromatic heterocycles. The Bertz CT molecular complexity index is 987. The average Bonchev–Trinajstić information content (AvgIpc) is 3.17. The van der Waals surface area contributed by atoms with E-state index in [1.54, 1.807) is 24.3 Å². The highest BCUT2D eigenvalue weighted by Gasteiger charge is 2.16. The number of nitrogens with zero attached hydrogens (tertiary/aromatic N) is 5. The Balaban J connectivity index is 1.81. The molecule has 2 N–H and O–H groups in total. The second-order valence-electron chi connectivity index (χ2n) is 5.02. The molecule has 1 amide bonds. The van der Waals surface area contributed by atoms with E-state index >= 15 is 0 Å². The third kappa shape index (κ3) is 3.95. The Hall–Kier alpha value is -3.89. The fourth-order valence-corrected chi connectivity index (χ4v) is 2.12. The van der Waals surface area contributed by atoms with E-state index in [-0.39, 0.29) is 18.4 Å². The first-order valence-corrected chi connectivity index (χ1v) is 7.36. The third-order valence-electron chi connectivity index (χ3n) is 3.19. The van der Waals surface area contributed by atoms with Crippen LogP contribution in [0.2, 0.25) is 0 Å². The minimum Gasteiger partial charge on any atom is -0.465 e. The van der Waals surface area contributed by atoms with Gasteiger partial charge in [0.05, 0.1) is 0 Å². The molecule has 0 unspecified atom stereocenters. The van der Waals surface area contributed by atoms with Crippen molar-refractivity contribution in [1.29, 1.82) is 0 Å². The van der Waals surface area contributed by atoms with E-state index in [1.165, 1.54) is 28.7 Å². The number of carboxylic acid groups (broad SMARTS) is 1. The lowest BCUT2D eigenvalue weighted by Crippen LogP contribution is -2.13. The van der Waals surface area contributed by atoms with Crippen LogP contribution in [0, 0.1) is 0 Å². The number of amides is 1. The number of aromatic nitrogens is 4. The van der Waals surface area contributed by atoms with Gasteiger partial charge in [0, 0.05) is 24.9 Å². The molecule has 11 heteroatoms. The van der Waals surface area contributed by atoms with Crippen molar-refractivity contribution in [3.63, 3.8) is 0 Å². The maximum Gasteiger partial charge on any atom is 0.460 e. The van der Waals surface area contributed by atoms with Crippen molar-refractivity contribution in [1.82, 2.24) is 19.5 Å². The van der Waals surface area contributed by atoms with Crippen molar-refractivity contribution in [3.8, 4) is 0 Å². The smallest absolute Gasteiger partial charge is 0.460 e. The van der Waals surface area contributed by atoms with E-state index in [0.29, 0.717) is 11.3 Å². The van der Waals surface area contributed by atoms with Gasteiger partial charge in [0.25, 0.3) is 0 Å². The van der Waals surface area contributed by atoms with E-state index < -0.39 is 11.8 Å². The van der Waals surface area contributed by atoms with Gasteiger partial charge in [-0.1, -0.05) is 35.5 Å². The Morgan fingerprint density at radius 2 is 2.12 bits per heavy atom. The number of nitrogens with one attached hydrogen (secondary N) is 1. The summed E-state index contributed by atoms with van der Waals surface area (Å²) in [6.45, 7) is -0.0799. The molecule has 0 bridgehead atoms. The molecule has 0 aliphatic rings. The number of hydrogen-bond donors (Lipinski definition) is 2. The summed E-state index contributed by atoms with van der Waals surface area (Å²) < 4.78 is 7.40. The van der Waals surface area contributed by atoms with Crippen molar-refractivity contribution in [2.45, 2.75) is 6.73 Å². The van der Waals surface area contributed by atoms with E-state index in [2.05, 4.69) is 20.6 Å². The summed E-state index contributed by atoms with van der Waals surface area (Å²) >= 11 is 0. The molecule has 26 heavy (non-hydrogen) atoms. The van der Waals surface area contributed by atoms with Crippen LogP contribution in [0.15, 0.2) is 57.1 Å². The predicted octanol–water partition coefficient (Wildman–Crippen LogP) is 1.09. The maximum absolute atomic E-state index is 11.4. The molecule has 0 spiro atoms. The highest BCUT2D eigenvalue weighted by Crippen LogP contribution is 2.09. The number of rotatable bonds is 6. The van der Waals surface area contributed by atoms with Gasteiger partial charge in [-0.3, -0.25) is 5.32 Å². The normalized spacial score (nSPS) is 11.3. The van der Waals surface area contributed by atoms with Gasteiger partial charge in [0.15, 0.2) is 17.4 Å². The highest BCUT2D eigenvalue weighted by atomic mass is 16.6. The summed E-state index contributed by atoms with van der Waals surface area (Å²) in [6.07, 6.45) is 0.307. The first-order chi connectivity index (χ1) is 12.5. The average molecular weight is 358 g/mol. The molecule has 0 atom stereocenters.